The van der Waals surface area contributed by atoms with Crippen LogP contribution in [0.5, 0.6) is 0 Å². The maximum atomic E-state index is 13.9. The zero-order valence-corrected chi connectivity index (χ0v) is 22.2. The molecule has 0 bridgehead atoms. The number of hydrogen-bond donors (Lipinski definition) is 1. The highest BCUT2D eigenvalue weighted by Gasteiger charge is 2.25. The standard InChI is InChI=1S/C31H32F3N5.H2/c1-20(2)35-30(22-7-6-8-23(32)18-22)26-12-11-25(17-21(26)3)36-24-13-15-38(16-14-24)31-37-27-9-4-5-10-28(27)39(31)19-29(33)34;/h4-12,17-18,24,29,36H,1,13-16,19H2,2-3H3;1H. The van der Waals surface area contributed by atoms with Gasteiger partial charge in [-0.25, -0.2) is 18.2 Å². The van der Waals surface area contributed by atoms with Crippen LogP contribution in [0.2, 0.25) is 0 Å². The maximum Gasteiger partial charge on any atom is 0.256 e. The molecule has 5 rings (SSSR count). The highest BCUT2D eigenvalue weighted by atomic mass is 19.3. The molecule has 0 atom stereocenters. The van der Waals surface area contributed by atoms with Gasteiger partial charge in [0.05, 0.1) is 23.3 Å². The Morgan fingerprint density at radius 2 is 1.87 bits per heavy atom. The summed E-state index contributed by atoms with van der Waals surface area (Å²) in [5.41, 5.74) is 6.42. The van der Waals surface area contributed by atoms with E-state index in [1.54, 1.807) is 10.6 Å². The van der Waals surface area contributed by atoms with Crippen molar-refractivity contribution in [3.05, 3.63) is 102 Å². The lowest BCUT2D eigenvalue weighted by Crippen LogP contribution is -2.40. The fourth-order valence-corrected chi connectivity index (χ4v) is 5.21. The summed E-state index contributed by atoms with van der Waals surface area (Å²) in [7, 11) is 0. The molecule has 1 aliphatic rings. The number of rotatable bonds is 8. The van der Waals surface area contributed by atoms with Gasteiger partial charge in [0.2, 0.25) is 5.95 Å². The van der Waals surface area contributed by atoms with E-state index in [-0.39, 0.29) is 19.8 Å². The minimum Gasteiger partial charge on any atom is -0.382 e. The number of imidazole rings is 1. The molecule has 3 aromatic carbocycles. The number of fused-ring (bicyclic) bond motifs is 1. The topological polar surface area (TPSA) is 45.5 Å². The summed E-state index contributed by atoms with van der Waals surface area (Å²) in [5, 5.41) is 3.63. The Labute approximate surface area is 228 Å². The molecule has 0 saturated carbocycles. The molecule has 4 aromatic rings. The molecule has 1 aromatic heterocycles. The molecule has 1 fully saturated rings. The predicted octanol–water partition coefficient (Wildman–Crippen LogP) is 7.45. The summed E-state index contributed by atoms with van der Waals surface area (Å²) in [5.74, 6) is 0.297. The smallest absolute Gasteiger partial charge is 0.256 e. The summed E-state index contributed by atoms with van der Waals surface area (Å²) < 4.78 is 42.3. The number of benzene rings is 3. The first-order valence-electron chi connectivity index (χ1n) is 13.1. The summed E-state index contributed by atoms with van der Waals surface area (Å²) >= 11 is 0. The molecule has 0 unspecified atom stereocenters. The van der Waals surface area contributed by atoms with Crippen molar-refractivity contribution in [3.8, 4) is 0 Å². The summed E-state index contributed by atoms with van der Waals surface area (Å²) in [4.78, 5) is 11.4. The zero-order valence-electron chi connectivity index (χ0n) is 22.2. The van der Waals surface area contributed by atoms with Crippen molar-refractivity contribution in [1.82, 2.24) is 9.55 Å². The molecule has 0 amide bonds. The van der Waals surface area contributed by atoms with Crippen molar-refractivity contribution >= 4 is 28.4 Å². The van der Waals surface area contributed by atoms with Crippen LogP contribution in [0.1, 0.15) is 37.9 Å². The molecule has 39 heavy (non-hydrogen) atoms. The molecule has 1 aliphatic heterocycles. The molecule has 2 heterocycles. The van der Waals surface area contributed by atoms with Gasteiger partial charge in [-0.1, -0.05) is 36.9 Å². The Morgan fingerprint density at radius 1 is 1.10 bits per heavy atom. The number of anilines is 2. The van der Waals surface area contributed by atoms with Gasteiger partial charge in [-0.05, 0) is 68.7 Å². The van der Waals surface area contributed by atoms with Crippen LogP contribution >= 0.6 is 0 Å². The van der Waals surface area contributed by atoms with Crippen molar-refractivity contribution in [2.75, 3.05) is 23.3 Å². The third-order valence-corrected chi connectivity index (χ3v) is 6.99. The SMILES string of the molecule is C=C(C)N=C(c1cccc(F)c1)c1ccc(NC2CCN(c3nc4ccccc4n3CC(F)F)CC2)cc1C.[HH]. The van der Waals surface area contributed by atoms with Crippen LogP contribution in [0.4, 0.5) is 24.8 Å². The van der Waals surface area contributed by atoms with E-state index in [9.17, 15) is 13.2 Å². The quantitative estimate of drug-likeness (QED) is 0.239. The number of halogens is 3. The lowest BCUT2D eigenvalue weighted by atomic mass is 9.97. The van der Waals surface area contributed by atoms with Crippen LogP contribution in [0, 0.1) is 12.7 Å². The van der Waals surface area contributed by atoms with Crippen molar-refractivity contribution in [3.63, 3.8) is 0 Å². The van der Waals surface area contributed by atoms with Gasteiger partial charge < -0.3 is 14.8 Å². The average molecular weight is 534 g/mol. The summed E-state index contributed by atoms with van der Waals surface area (Å²) in [6.07, 6.45) is -0.747. The lowest BCUT2D eigenvalue weighted by Gasteiger charge is -2.34. The molecule has 204 valence electrons. The molecular formula is C31H34F3N5. The lowest BCUT2D eigenvalue weighted by molar-refractivity contribution is 0.128. The average Bonchev–Trinajstić information content (AvgIpc) is 3.26. The van der Waals surface area contributed by atoms with Gasteiger partial charge >= 0.3 is 0 Å². The summed E-state index contributed by atoms with van der Waals surface area (Å²) in [6.45, 7) is 8.82. The van der Waals surface area contributed by atoms with Crippen LogP contribution in [-0.4, -0.2) is 40.8 Å². The second-order valence-corrected chi connectivity index (χ2v) is 10.0. The Bertz CT molecular complexity index is 1520. The van der Waals surface area contributed by atoms with Crippen LogP contribution in [0.15, 0.2) is 84.0 Å². The van der Waals surface area contributed by atoms with E-state index >= 15 is 0 Å². The number of aliphatic imine (C=N–C) groups is 1. The van der Waals surface area contributed by atoms with Crippen molar-refractivity contribution in [1.29, 1.82) is 0 Å². The number of nitrogens with one attached hydrogen (secondary N) is 1. The van der Waals surface area contributed by atoms with Crippen molar-refractivity contribution < 1.29 is 14.6 Å². The van der Waals surface area contributed by atoms with Gasteiger partial charge in [-0.15, -0.1) is 0 Å². The highest BCUT2D eigenvalue weighted by Crippen LogP contribution is 2.28. The molecular weight excluding hydrogens is 499 g/mol. The number of piperidine rings is 1. The highest BCUT2D eigenvalue weighted by molar-refractivity contribution is 6.14. The van der Waals surface area contributed by atoms with E-state index in [0.717, 1.165) is 53.8 Å². The number of aryl methyl sites for hydroxylation is 1. The first-order chi connectivity index (χ1) is 18.8. The third-order valence-electron chi connectivity index (χ3n) is 6.99. The molecule has 0 aliphatic carbocycles. The molecule has 1 N–H and O–H groups in total. The Balaban J connectivity index is 0.00000370. The molecule has 0 radical (unpaired) electrons. The first kappa shape index (κ1) is 26.5. The second-order valence-electron chi connectivity index (χ2n) is 10.0. The number of hydrogen-bond acceptors (Lipinski definition) is 4. The fraction of sp³-hybridized carbons (Fsp3) is 0.290. The minimum atomic E-state index is -2.45. The van der Waals surface area contributed by atoms with Gasteiger partial charge in [-0.3, -0.25) is 4.99 Å². The van der Waals surface area contributed by atoms with Crippen molar-refractivity contribution in [2.45, 2.75) is 45.7 Å². The molecule has 1 saturated heterocycles. The number of allylic oxidation sites excluding steroid dienone is 1. The molecule has 5 nitrogen and oxygen atoms in total. The van der Waals surface area contributed by atoms with Gasteiger partial charge in [0.25, 0.3) is 6.43 Å². The maximum absolute atomic E-state index is 13.9. The third kappa shape index (κ3) is 6.00. The van der Waals surface area contributed by atoms with Crippen LogP contribution < -0.4 is 10.2 Å². The van der Waals surface area contributed by atoms with Gasteiger partial charge in [0.15, 0.2) is 0 Å². The number of para-hydroxylation sites is 2. The molecule has 0 spiro atoms. The predicted molar refractivity (Wildman–Crippen MR) is 155 cm³/mol. The normalized spacial score (nSPS) is 14.8. The van der Waals surface area contributed by atoms with Crippen molar-refractivity contribution in [2.24, 2.45) is 4.99 Å². The van der Waals surface area contributed by atoms with Gasteiger partial charge in [-0.2, -0.15) is 0 Å². The Morgan fingerprint density at radius 3 is 2.56 bits per heavy atom. The second kappa shape index (κ2) is 11.4. The van der Waals surface area contributed by atoms with Crippen LogP contribution in [0.3, 0.4) is 0 Å². The first-order valence-corrected chi connectivity index (χ1v) is 13.1. The monoisotopic (exact) mass is 533 g/mol. The Kier molecular flexibility index (Phi) is 7.72. The number of alkyl halides is 2. The largest absolute Gasteiger partial charge is 0.382 e. The number of aromatic nitrogens is 2. The van der Waals surface area contributed by atoms with Crippen LogP contribution in [-0.2, 0) is 6.54 Å². The fourth-order valence-electron chi connectivity index (χ4n) is 5.21. The van der Waals surface area contributed by atoms with E-state index in [4.69, 9.17) is 0 Å². The van der Waals surface area contributed by atoms with Crippen LogP contribution in [0.25, 0.3) is 11.0 Å². The van der Waals surface area contributed by atoms with Gasteiger partial charge in [0.1, 0.15) is 5.82 Å². The van der Waals surface area contributed by atoms with Gasteiger partial charge in [0, 0.05) is 43.1 Å². The summed E-state index contributed by atoms with van der Waals surface area (Å²) in [6, 6.07) is 20.2. The van der Waals surface area contributed by atoms with E-state index in [2.05, 4.69) is 32.8 Å². The number of nitrogens with zero attached hydrogens (tertiary/aromatic N) is 4. The zero-order chi connectivity index (χ0) is 27.5. The molecule has 8 heteroatoms. The van der Waals surface area contributed by atoms with E-state index in [1.807, 2.05) is 56.3 Å². The van der Waals surface area contributed by atoms with E-state index in [0.29, 0.717) is 22.9 Å². The Hall–Kier alpha value is -4.07. The van der Waals surface area contributed by atoms with E-state index < -0.39 is 6.43 Å². The van der Waals surface area contributed by atoms with E-state index in [1.165, 1.54) is 12.1 Å². The minimum absolute atomic E-state index is 0.